The van der Waals surface area contributed by atoms with Crippen LogP contribution in [0.2, 0.25) is 5.15 Å². The minimum Gasteiger partial charge on any atom is -0.495 e. The van der Waals surface area contributed by atoms with Gasteiger partial charge in [0, 0.05) is 12.0 Å². The molecule has 0 atom stereocenters. The monoisotopic (exact) mass is 291 g/mol. The van der Waals surface area contributed by atoms with Crippen molar-refractivity contribution in [1.82, 2.24) is 9.97 Å². The lowest BCUT2D eigenvalue weighted by atomic mass is 10.2. The van der Waals surface area contributed by atoms with Crippen molar-refractivity contribution in [3.8, 4) is 5.75 Å². The number of aromatic nitrogens is 2. The van der Waals surface area contributed by atoms with E-state index in [2.05, 4.69) is 22.2 Å². The van der Waals surface area contributed by atoms with E-state index in [9.17, 15) is 0 Å². The average Bonchev–Trinajstić information content (AvgIpc) is 2.45. The molecule has 5 heteroatoms. The molecule has 20 heavy (non-hydrogen) atoms. The molecular weight excluding hydrogens is 274 g/mol. The highest BCUT2D eigenvalue weighted by atomic mass is 35.5. The maximum atomic E-state index is 6.17. The van der Waals surface area contributed by atoms with E-state index in [0.717, 1.165) is 41.5 Å². The van der Waals surface area contributed by atoms with Gasteiger partial charge in [-0.15, -0.1) is 0 Å². The Balaban J connectivity index is 2.37. The summed E-state index contributed by atoms with van der Waals surface area (Å²) >= 11 is 6.17. The fourth-order valence-electron chi connectivity index (χ4n) is 1.87. The number of hydrogen-bond donors (Lipinski definition) is 1. The smallest absolute Gasteiger partial charge is 0.142 e. The molecule has 0 aliphatic carbocycles. The van der Waals surface area contributed by atoms with E-state index in [1.54, 1.807) is 7.11 Å². The molecule has 0 saturated heterocycles. The lowest BCUT2D eigenvalue weighted by Crippen LogP contribution is -2.04. The topological polar surface area (TPSA) is 47.0 Å². The van der Waals surface area contributed by atoms with E-state index >= 15 is 0 Å². The number of rotatable bonds is 5. The molecule has 0 aliphatic heterocycles. The molecule has 1 aromatic carbocycles. The summed E-state index contributed by atoms with van der Waals surface area (Å²) in [5.41, 5.74) is 1.69. The van der Waals surface area contributed by atoms with Crippen LogP contribution in [-0.2, 0) is 6.42 Å². The van der Waals surface area contributed by atoms with E-state index in [1.165, 1.54) is 0 Å². The Hall–Kier alpha value is -1.81. The Morgan fingerprint density at radius 3 is 2.70 bits per heavy atom. The van der Waals surface area contributed by atoms with Gasteiger partial charge in [0.2, 0.25) is 0 Å². The van der Waals surface area contributed by atoms with Gasteiger partial charge in [-0.05, 0) is 25.5 Å². The van der Waals surface area contributed by atoms with E-state index in [1.807, 2.05) is 31.2 Å². The largest absolute Gasteiger partial charge is 0.495 e. The Morgan fingerprint density at radius 1 is 1.25 bits per heavy atom. The van der Waals surface area contributed by atoms with Crippen LogP contribution in [0.4, 0.5) is 11.5 Å². The molecule has 0 bridgehead atoms. The Morgan fingerprint density at radius 2 is 2.00 bits per heavy atom. The lowest BCUT2D eigenvalue weighted by molar-refractivity contribution is 0.417. The molecule has 2 aromatic rings. The van der Waals surface area contributed by atoms with Gasteiger partial charge >= 0.3 is 0 Å². The van der Waals surface area contributed by atoms with Crippen LogP contribution in [-0.4, -0.2) is 17.1 Å². The number of halogens is 1. The number of aryl methyl sites for hydroxylation is 1. The first-order valence-corrected chi connectivity index (χ1v) is 6.96. The number of nitrogens with zero attached hydrogens (tertiary/aromatic N) is 2. The van der Waals surface area contributed by atoms with Crippen molar-refractivity contribution in [2.75, 3.05) is 12.4 Å². The number of para-hydroxylation sites is 2. The third-order valence-electron chi connectivity index (χ3n) is 2.97. The number of benzene rings is 1. The van der Waals surface area contributed by atoms with Crippen molar-refractivity contribution in [3.63, 3.8) is 0 Å². The second-order valence-electron chi connectivity index (χ2n) is 4.48. The van der Waals surface area contributed by atoms with E-state index in [4.69, 9.17) is 16.3 Å². The minimum atomic E-state index is 0.487. The molecule has 0 unspecified atom stereocenters. The van der Waals surface area contributed by atoms with Gasteiger partial charge in [-0.3, -0.25) is 0 Å². The fourth-order valence-corrected chi connectivity index (χ4v) is 2.05. The summed E-state index contributed by atoms with van der Waals surface area (Å²) in [6.07, 6.45) is 1.79. The highest BCUT2D eigenvalue weighted by molar-refractivity contribution is 6.30. The van der Waals surface area contributed by atoms with Crippen LogP contribution in [0, 0.1) is 6.92 Å². The summed E-state index contributed by atoms with van der Waals surface area (Å²) in [6.45, 7) is 3.99. The number of nitrogens with one attached hydrogen (secondary N) is 1. The van der Waals surface area contributed by atoms with E-state index < -0.39 is 0 Å². The van der Waals surface area contributed by atoms with Gasteiger partial charge in [0.25, 0.3) is 0 Å². The first-order valence-electron chi connectivity index (χ1n) is 6.58. The molecule has 0 fully saturated rings. The number of hydrogen-bond acceptors (Lipinski definition) is 4. The van der Waals surface area contributed by atoms with Gasteiger partial charge in [0.15, 0.2) is 0 Å². The summed E-state index contributed by atoms with van der Waals surface area (Å²) in [5.74, 6) is 2.23. The van der Waals surface area contributed by atoms with Gasteiger partial charge in [0.1, 0.15) is 22.5 Å². The molecule has 0 spiro atoms. The Bertz CT molecular complexity index is 602. The minimum absolute atomic E-state index is 0.487. The summed E-state index contributed by atoms with van der Waals surface area (Å²) in [5, 5.41) is 3.76. The van der Waals surface area contributed by atoms with E-state index in [0.29, 0.717) is 5.15 Å². The zero-order chi connectivity index (χ0) is 14.5. The normalized spacial score (nSPS) is 10.4. The van der Waals surface area contributed by atoms with Crippen LogP contribution in [0.3, 0.4) is 0 Å². The first kappa shape index (κ1) is 14.6. The third-order valence-corrected chi connectivity index (χ3v) is 3.33. The summed E-state index contributed by atoms with van der Waals surface area (Å²) < 4.78 is 5.33. The highest BCUT2D eigenvalue weighted by Gasteiger charge is 2.11. The van der Waals surface area contributed by atoms with Crippen molar-refractivity contribution in [2.45, 2.75) is 26.7 Å². The second-order valence-corrected chi connectivity index (χ2v) is 4.84. The summed E-state index contributed by atoms with van der Waals surface area (Å²) in [4.78, 5) is 8.82. The highest BCUT2D eigenvalue weighted by Crippen LogP contribution is 2.29. The van der Waals surface area contributed by atoms with Crippen molar-refractivity contribution in [1.29, 1.82) is 0 Å². The van der Waals surface area contributed by atoms with Gasteiger partial charge in [-0.1, -0.05) is 30.7 Å². The zero-order valence-corrected chi connectivity index (χ0v) is 12.7. The van der Waals surface area contributed by atoms with Crippen molar-refractivity contribution < 1.29 is 4.74 Å². The molecule has 0 saturated carbocycles. The number of anilines is 2. The molecule has 106 valence electrons. The predicted molar refractivity (Wildman–Crippen MR) is 82.1 cm³/mol. The molecule has 0 radical (unpaired) electrons. The standard InChI is InChI=1S/C15H18ClN3O/c1-4-7-13-18-14(16)10(2)15(19-13)17-11-8-5-6-9-12(11)20-3/h5-6,8-9H,4,7H2,1-3H3,(H,17,18,19). The maximum Gasteiger partial charge on any atom is 0.142 e. The third kappa shape index (κ3) is 3.20. The van der Waals surface area contributed by atoms with Gasteiger partial charge in [-0.2, -0.15) is 0 Å². The van der Waals surface area contributed by atoms with Crippen LogP contribution >= 0.6 is 11.6 Å². The summed E-state index contributed by atoms with van der Waals surface area (Å²) in [7, 11) is 1.64. The van der Waals surface area contributed by atoms with Gasteiger partial charge < -0.3 is 10.1 Å². The lowest BCUT2D eigenvalue weighted by Gasteiger charge is -2.13. The van der Waals surface area contributed by atoms with Crippen LogP contribution in [0.5, 0.6) is 5.75 Å². The molecular formula is C15H18ClN3O. The molecule has 1 heterocycles. The zero-order valence-electron chi connectivity index (χ0n) is 11.9. The SMILES string of the molecule is CCCc1nc(Cl)c(C)c(Nc2ccccc2OC)n1. The van der Waals surface area contributed by atoms with Crippen LogP contribution in [0.25, 0.3) is 0 Å². The second kappa shape index (κ2) is 6.57. The van der Waals surface area contributed by atoms with Crippen molar-refractivity contribution in [3.05, 3.63) is 40.8 Å². The van der Waals surface area contributed by atoms with Gasteiger partial charge in [-0.25, -0.2) is 9.97 Å². The van der Waals surface area contributed by atoms with Crippen LogP contribution < -0.4 is 10.1 Å². The molecule has 1 aromatic heterocycles. The van der Waals surface area contributed by atoms with Gasteiger partial charge in [0.05, 0.1) is 12.8 Å². The first-order chi connectivity index (χ1) is 9.65. The van der Waals surface area contributed by atoms with Crippen molar-refractivity contribution >= 4 is 23.1 Å². The average molecular weight is 292 g/mol. The maximum absolute atomic E-state index is 6.17. The molecule has 0 amide bonds. The number of ether oxygens (including phenoxy) is 1. The van der Waals surface area contributed by atoms with E-state index in [-0.39, 0.29) is 0 Å². The predicted octanol–water partition coefficient (Wildman–Crippen LogP) is 4.14. The Kier molecular flexibility index (Phi) is 4.79. The molecule has 0 aliphatic rings. The Labute approximate surface area is 124 Å². The van der Waals surface area contributed by atoms with Crippen molar-refractivity contribution in [2.24, 2.45) is 0 Å². The number of methoxy groups -OCH3 is 1. The fraction of sp³-hybridized carbons (Fsp3) is 0.333. The molecule has 4 nitrogen and oxygen atoms in total. The molecule has 1 N–H and O–H groups in total. The van der Waals surface area contributed by atoms with Crippen LogP contribution in [0.1, 0.15) is 24.7 Å². The summed E-state index contributed by atoms with van der Waals surface area (Å²) in [6, 6.07) is 7.70. The van der Waals surface area contributed by atoms with Crippen LogP contribution in [0.15, 0.2) is 24.3 Å². The molecule has 2 rings (SSSR count). The quantitative estimate of drug-likeness (QED) is 0.841.